The fourth-order valence-corrected chi connectivity index (χ4v) is 3.77. The zero-order valence-corrected chi connectivity index (χ0v) is 11.0. The van der Waals surface area contributed by atoms with Gasteiger partial charge in [0.25, 0.3) is 5.91 Å². The van der Waals surface area contributed by atoms with E-state index in [0.717, 1.165) is 36.0 Å². The molecule has 1 aromatic heterocycles. The second-order valence-corrected chi connectivity index (χ2v) is 6.05. The number of ether oxygens (including phenoxy) is 1. The summed E-state index contributed by atoms with van der Waals surface area (Å²) in [5.74, 6) is -0.479. The van der Waals surface area contributed by atoms with Gasteiger partial charge in [0, 0.05) is 6.54 Å². The third kappa shape index (κ3) is 1.44. The number of nitrogens with zero attached hydrogens (tertiary/aromatic N) is 2. The third-order valence-electron chi connectivity index (χ3n) is 3.93. The maximum absolute atomic E-state index is 11.4. The Hall–Kier alpha value is -1.66. The number of benzene rings is 1. The summed E-state index contributed by atoms with van der Waals surface area (Å²) in [7, 11) is 0. The smallest absolute Gasteiger partial charge is 0.251 e. The van der Waals surface area contributed by atoms with Crippen molar-refractivity contribution in [2.75, 3.05) is 24.7 Å². The predicted molar refractivity (Wildman–Crippen MR) is 72.5 cm³/mol. The highest BCUT2D eigenvalue weighted by molar-refractivity contribution is 7.22. The van der Waals surface area contributed by atoms with E-state index < -0.39 is 5.91 Å². The maximum atomic E-state index is 11.4. The van der Waals surface area contributed by atoms with E-state index in [2.05, 4.69) is 16.0 Å². The number of fused-ring (bicyclic) bond motifs is 1. The number of nitrogens with two attached hydrogens (primary N) is 1. The summed E-state index contributed by atoms with van der Waals surface area (Å²) < 4.78 is 6.30. The number of carbonyl (C=O) groups excluding carboxylic acids is 1. The van der Waals surface area contributed by atoms with E-state index in [1.807, 2.05) is 6.07 Å². The molecule has 4 rings (SSSR count). The predicted octanol–water partition coefficient (Wildman–Crippen LogP) is 1.17. The number of aromatic nitrogens is 1. The molecule has 0 unspecified atom stereocenters. The molecule has 2 saturated heterocycles. The number of rotatable bonds is 2. The molecule has 1 radical (unpaired) electrons. The lowest BCUT2D eigenvalue weighted by molar-refractivity contribution is -0.0847. The Morgan fingerprint density at radius 3 is 3.00 bits per heavy atom. The first kappa shape index (κ1) is 11.2. The van der Waals surface area contributed by atoms with E-state index in [0.29, 0.717) is 11.1 Å². The van der Waals surface area contributed by atoms with Crippen molar-refractivity contribution >= 4 is 32.6 Å². The van der Waals surface area contributed by atoms with Crippen LogP contribution in [0.2, 0.25) is 0 Å². The van der Waals surface area contributed by atoms with Gasteiger partial charge in [0.1, 0.15) is 0 Å². The van der Waals surface area contributed by atoms with Crippen LogP contribution in [0.1, 0.15) is 16.8 Å². The summed E-state index contributed by atoms with van der Waals surface area (Å²) in [6.07, 6.45) is 1.15. The summed E-state index contributed by atoms with van der Waals surface area (Å²) in [4.78, 5) is 18.3. The molecule has 2 aromatic rings. The molecule has 97 valence electrons. The van der Waals surface area contributed by atoms with Crippen molar-refractivity contribution < 1.29 is 9.53 Å². The normalized spacial score (nSPS) is 20.3. The monoisotopic (exact) mass is 274 g/mol. The molecule has 0 saturated carbocycles. The Labute approximate surface area is 114 Å². The van der Waals surface area contributed by atoms with Crippen molar-refractivity contribution in [3.8, 4) is 0 Å². The van der Waals surface area contributed by atoms with Gasteiger partial charge >= 0.3 is 0 Å². The minimum atomic E-state index is -0.479. The average Bonchev–Trinajstić information content (AvgIpc) is 2.67. The highest BCUT2D eigenvalue weighted by Gasteiger charge is 2.51. The third-order valence-corrected chi connectivity index (χ3v) is 4.98. The van der Waals surface area contributed by atoms with Gasteiger partial charge in [-0.25, -0.2) is 4.98 Å². The fraction of sp³-hybridized carbons (Fsp3) is 0.385. The minimum absolute atomic E-state index is 0.157. The Balaban J connectivity index is 1.80. The van der Waals surface area contributed by atoms with E-state index in [1.165, 1.54) is 0 Å². The SMILES string of the molecule is NC(=O)c1[c]ccc2sc(N3CCC34COC4)nc12. The molecule has 0 bridgehead atoms. The first-order chi connectivity index (χ1) is 9.20. The van der Waals surface area contributed by atoms with Crippen LogP contribution in [0.25, 0.3) is 10.2 Å². The van der Waals surface area contributed by atoms with Crippen molar-refractivity contribution in [2.24, 2.45) is 5.73 Å². The second-order valence-electron chi connectivity index (χ2n) is 5.04. The average molecular weight is 274 g/mol. The first-order valence-corrected chi connectivity index (χ1v) is 6.98. The molecule has 1 aromatic carbocycles. The molecular formula is C13H12N3O2S. The Kier molecular flexibility index (Phi) is 2.17. The van der Waals surface area contributed by atoms with Crippen LogP contribution in [0.4, 0.5) is 5.13 Å². The van der Waals surface area contributed by atoms with Gasteiger partial charge in [0.2, 0.25) is 0 Å². The van der Waals surface area contributed by atoms with Crippen molar-refractivity contribution in [1.82, 2.24) is 4.98 Å². The standard InChI is InChI=1S/C13H12N3O2S/c14-11(17)8-2-1-3-9-10(8)15-12(19-9)16-5-4-13(16)6-18-7-13/h1,3H,4-7H2,(H2,14,17). The number of carbonyl (C=O) groups is 1. The summed E-state index contributed by atoms with van der Waals surface area (Å²) in [5, 5.41) is 0.951. The van der Waals surface area contributed by atoms with E-state index in [1.54, 1.807) is 17.4 Å². The van der Waals surface area contributed by atoms with Gasteiger partial charge in [0.05, 0.1) is 34.5 Å². The first-order valence-electron chi connectivity index (χ1n) is 6.16. The van der Waals surface area contributed by atoms with E-state index in [9.17, 15) is 4.79 Å². The molecule has 2 N–H and O–H groups in total. The number of thiazole rings is 1. The summed E-state index contributed by atoms with van der Waals surface area (Å²) in [6.45, 7) is 2.55. The van der Waals surface area contributed by atoms with Crippen molar-refractivity contribution in [3.63, 3.8) is 0 Å². The minimum Gasteiger partial charge on any atom is -0.376 e. The van der Waals surface area contributed by atoms with Crippen molar-refractivity contribution in [1.29, 1.82) is 0 Å². The molecular weight excluding hydrogens is 262 g/mol. The fourth-order valence-electron chi connectivity index (χ4n) is 2.66. The number of primary amides is 1. The molecule has 0 atom stereocenters. The van der Waals surface area contributed by atoms with Gasteiger partial charge in [-0.3, -0.25) is 4.79 Å². The van der Waals surface area contributed by atoms with Gasteiger partial charge in [-0.15, -0.1) is 0 Å². The number of hydrogen-bond donors (Lipinski definition) is 1. The molecule has 2 aliphatic rings. The molecule has 0 aliphatic carbocycles. The lowest BCUT2D eigenvalue weighted by atomic mass is 9.83. The molecule has 3 heterocycles. The highest BCUT2D eigenvalue weighted by atomic mass is 32.1. The number of anilines is 1. The van der Waals surface area contributed by atoms with Gasteiger partial charge in [0.15, 0.2) is 5.13 Å². The van der Waals surface area contributed by atoms with Crippen LogP contribution in [-0.2, 0) is 4.74 Å². The van der Waals surface area contributed by atoms with Gasteiger partial charge in [-0.05, 0) is 18.6 Å². The Morgan fingerprint density at radius 1 is 1.58 bits per heavy atom. The zero-order chi connectivity index (χ0) is 13.0. The second kappa shape index (κ2) is 3.68. The largest absolute Gasteiger partial charge is 0.376 e. The lowest BCUT2D eigenvalue weighted by Gasteiger charge is -2.57. The van der Waals surface area contributed by atoms with Crippen LogP contribution >= 0.6 is 11.3 Å². The molecule has 1 amide bonds. The quantitative estimate of drug-likeness (QED) is 0.892. The van der Waals surface area contributed by atoms with Crippen molar-refractivity contribution in [2.45, 2.75) is 12.0 Å². The molecule has 2 fully saturated rings. The van der Waals surface area contributed by atoms with Crippen LogP contribution in [0.5, 0.6) is 0 Å². The Bertz CT molecular complexity index is 672. The van der Waals surface area contributed by atoms with Crippen LogP contribution in [0.3, 0.4) is 0 Å². The number of amides is 1. The zero-order valence-electron chi connectivity index (χ0n) is 10.2. The summed E-state index contributed by atoms with van der Waals surface area (Å²) in [5.41, 5.74) is 6.56. The van der Waals surface area contributed by atoms with E-state index >= 15 is 0 Å². The number of hydrogen-bond acceptors (Lipinski definition) is 5. The van der Waals surface area contributed by atoms with Gasteiger partial charge < -0.3 is 15.4 Å². The Morgan fingerprint density at radius 2 is 2.42 bits per heavy atom. The maximum Gasteiger partial charge on any atom is 0.251 e. The van der Waals surface area contributed by atoms with Crippen LogP contribution < -0.4 is 10.6 Å². The molecule has 19 heavy (non-hydrogen) atoms. The highest BCUT2D eigenvalue weighted by Crippen LogP contribution is 2.43. The van der Waals surface area contributed by atoms with Gasteiger partial charge in [-0.1, -0.05) is 17.4 Å². The molecule has 5 nitrogen and oxygen atoms in total. The molecule has 1 spiro atoms. The van der Waals surface area contributed by atoms with Crippen LogP contribution in [0.15, 0.2) is 12.1 Å². The molecule has 6 heteroatoms. The van der Waals surface area contributed by atoms with E-state index in [4.69, 9.17) is 10.5 Å². The van der Waals surface area contributed by atoms with Crippen molar-refractivity contribution in [3.05, 3.63) is 23.8 Å². The topological polar surface area (TPSA) is 68.5 Å². The van der Waals surface area contributed by atoms with Crippen LogP contribution in [-0.4, -0.2) is 36.2 Å². The lowest BCUT2D eigenvalue weighted by Crippen LogP contribution is -2.71. The summed E-state index contributed by atoms with van der Waals surface area (Å²) >= 11 is 1.60. The molecule has 2 aliphatic heterocycles. The van der Waals surface area contributed by atoms with Crippen LogP contribution in [0, 0.1) is 6.07 Å². The van der Waals surface area contributed by atoms with Gasteiger partial charge in [-0.2, -0.15) is 0 Å². The van der Waals surface area contributed by atoms with E-state index in [-0.39, 0.29) is 5.54 Å². The summed E-state index contributed by atoms with van der Waals surface area (Å²) in [6, 6.07) is 6.52.